The van der Waals surface area contributed by atoms with Gasteiger partial charge in [0.05, 0.1) is 13.4 Å². The van der Waals surface area contributed by atoms with Crippen molar-refractivity contribution >= 4 is 11.0 Å². The van der Waals surface area contributed by atoms with Crippen molar-refractivity contribution in [1.82, 2.24) is 0 Å². The molecule has 2 nitrogen and oxygen atoms in total. The molecule has 0 aliphatic heterocycles. The normalized spacial score (nSPS) is 11.6. The summed E-state index contributed by atoms with van der Waals surface area (Å²) in [5, 5.41) is 1.15. The molecule has 0 fully saturated rings. The topological polar surface area (TPSA) is 22.4 Å². The molecule has 2 rings (SSSR count). The molecule has 1 aromatic carbocycles. The Morgan fingerprint density at radius 2 is 2.06 bits per heavy atom. The maximum atomic E-state index is 5.63. The molecule has 1 heterocycles. The van der Waals surface area contributed by atoms with Gasteiger partial charge in [-0.25, -0.2) is 0 Å². The summed E-state index contributed by atoms with van der Waals surface area (Å²) in [5.74, 6) is 0.891. The lowest BCUT2D eigenvalue weighted by molar-refractivity contribution is 0.405. The monoisotopic (exact) mass is 244 g/mol. The zero-order valence-corrected chi connectivity index (χ0v) is 11.5. The average Bonchev–Trinajstić information content (AvgIpc) is 2.72. The van der Waals surface area contributed by atoms with Crippen LogP contribution in [-0.4, -0.2) is 7.11 Å². The van der Waals surface area contributed by atoms with Gasteiger partial charge in [-0.05, 0) is 50.8 Å². The highest BCUT2D eigenvalue weighted by molar-refractivity contribution is 5.88. The predicted octanol–water partition coefficient (Wildman–Crippen LogP) is 4.57. The molecule has 0 amide bonds. The molecule has 0 radical (unpaired) electrons. The third-order valence-corrected chi connectivity index (χ3v) is 3.34. The maximum absolute atomic E-state index is 5.63. The highest BCUT2D eigenvalue weighted by Gasteiger charge is 2.15. The second kappa shape index (κ2) is 5.30. The summed E-state index contributed by atoms with van der Waals surface area (Å²) < 4.78 is 11.2. The first-order valence-corrected chi connectivity index (χ1v) is 6.34. The van der Waals surface area contributed by atoms with Gasteiger partial charge in [0.1, 0.15) is 0 Å². The van der Waals surface area contributed by atoms with Crippen LogP contribution in [0.2, 0.25) is 0 Å². The van der Waals surface area contributed by atoms with E-state index in [1.54, 1.807) is 13.4 Å². The molecule has 0 saturated carbocycles. The van der Waals surface area contributed by atoms with Crippen molar-refractivity contribution in [3.05, 3.63) is 41.2 Å². The van der Waals surface area contributed by atoms with Gasteiger partial charge in [-0.1, -0.05) is 12.2 Å². The lowest BCUT2D eigenvalue weighted by Crippen LogP contribution is -1.96. The number of methoxy groups -OCH3 is 1. The molecule has 0 bridgehead atoms. The van der Waals surface area contributed by atoms with Gasteiger partial charge in [0.15, 0.2) is 11.3 Å². The van der Waals surface area contributed by atoms with E-state index in [1.165, 1.54) is 11.1 Å². The van der Waals surface area contributed by atoms with Crippen molar-refractivity contribution in [3.8, 4) is 5.75 Å². The number of furan rings is 1. The van der Waals surface area contributed by atoms with Crippen LogP contribution in [0.5, 0.6) is 5.75 Å². The van der Waals surface area contributed by atoms with E-state index in [9.17, 15) is 0 Å². The van der Waals surface area contributed by atoms with Gasteiger partial charge in [0.25, 0.3) is 0 Å². The summed E-state index contributed by atoms with van der Waals surface area (Å²) in [5.41, 5.74) is 4.55. The molecule has 0 aliphatic carbocycles. The number of aryl methyl sites for hydroxylation is 2. The molecule has 0 saturated heterocycles. The van der Waals surface area contributed by atoms with Gasteiger partial charge in [-0.2, -0.15) is 0 Å². The Bertz CT molecular complexity index is 576. The highest BCUT2D eigenvalue weighted by atomic mass is 16.5. The minimum Gasteiger partial charge on any atom is -0.493 e. The molecule has 0 N–H and O–H groups in total. The van der Waals surface area contributed by atoms with E-state index in [4.69, 9.17) is 9.15 Å². The molecule has 2 heteroatoms. The molecule has 0 spiro atoms. The summed E-state index contributed by atoms with van der Waals surface area (Å²) in [7, 11) is 1.71. The lowest BCUT2D eigenvalue weighted by Gasteiger charge is -2.11. The summed E-state index contributed by atoms with van der Waals surface area (Å²) in [6, 6.07) is 2.20. The highest BCUT2D eigenvalue weighted by Crippen LogP contribution is 2.35. The summed E-state index contributed by atoms with van der Waals surface area (Å²) in [4.78, 5) is 0. The molecule has 0 atom stereocenters. The van der Waals surface area contributed by atoms with Gasteiger partial charge in [-0.15, -0.1) is 0 Å². The van der Waals surface area contributed by atoms with Gasteiger partial charge >= 0.3 is 0 Å². The third kappa shape index (κ3) is 2.15. The molecule has 96 valence electrons. The molecular weight excluding hydrogens is 224 g/mol. The van der Waals surface area contributed by atoms with Crippen LogP contribution >= 0.6 is 0 Å². The Kier molecular flexibility index (Phi) is 3.75. The van der Waals surface area contributed by atoms with Gasteiger partial charge in [0, 0.05) is 10.9 Å². The Morgan fingerprint density at radius 1 is 1.28 bits per heavy atom. The zero-order valence-electron chi connectivity index (χ0n) is 11.5. The first kappa shape index (κ1) is 12.7. The number of benzene rings is 1. The molecule has 2 aromatic rings. The Hall–Kier alpha value is -1.70. The molecule has 0 aliphatic rings. The molecule has 18 heavy (non-hydrogen) atoms. The standard InChI is InChI=1S/C16H20O2/c1-5-6-7-8-13-11(2)9-14-12(3)10-18-16(14)15(13)17-4/h5-6,9-10H,7-8H2,1-4H3/b6-5+. The molecule has 0 unspecified atom stereocenters. The summed E-state index contributed by atoms with van der Waals surface area (Å²) in [6.07, 6.45) is 8.06. The number of allylic oxidation sites excluding steroid dienone is 2. The van der Waals surface area contributed by atoms with Crippen LogP contribution in [0, 0.1) is 13.8 Å². The van der Waals surface area contributed by atoms with Crippen molar-refractivity contribution in [3.63, 3.8) is 0 Å². The predicted molar refractivity (Wildman–Crippen MR) is 75.4 cm³/mol. The zero-order chi connectivity index (χ0) is 13.1. The Balaban J connectivity index is 2.53. The molecular formula is C16H20O2. The minimum atomic E-state index is 0.871. The van der Waals surface area contributed by atoms with Gasteiger partial charge in [-0.3, -0.25) is 0 Å². The summed E-state index contributed by atoms with van der Waals surface area (Å²) in [6.45, 7) is 6.24. The Labute approximate surface area is 108 Å². The van der Waals surface area contributed by atoms with E-state index in [0.717, 1.165) is 35.1 Å². The van der Waals surface area contributed by atoms with Crippen molar-refractivity contribution in [2.45, 2.75) is 33.6 Å². The van der Waals surface area contributed by atoms with Gasteiger partial charge in [0.2, 0.25) is 0 Å². The number of fused-ring (bicyclic) bond motifs is 1. The molecule has 1 aromatic heterocycles. The second-order valence-electron chi connectivity index (χ2n) is 4.61. The minimum absolute atomic E-state index is 0.871. The van der Waals surface area contributed by atoms with Crippen molar-refractivity contribution in [2.24, 2.45) is 0 Å². The van der Waals surface area contributed by atoms with Crippen molar-refractivity contribution in [1.29, 1.82) is 0 Å². The van der Waals surface area contributed by atoms with E-state index in [1.807, 2.05) is 6.92 Å². The second-order valence-corrected chi connectivity index (χ2v) is 4.61. The van der Waals surface area contributed by atoms with Crippen LogP contribution in [0.25, 0.3) is 11.0 Å². The first-order chi connectivity index (χ1) is 8.69. The Morgan fingerprint density at radius 3 is 2.72 bits per heavy atom. The fraction of sp³-hybridized carbons (Fsp3) is 0.375. The van der Waals surface area contributed by atoms with Crippen molar-refractivity contribution in [2.75, 3.05) is 7.11 Å². The van der Waals surface area contributed by atoms with Crippen LogP contribution in [0.3, 0.4) is 0 Å². The number of hydrogen-bond donors (Lipinski definition) is 0. The van der Waals surface area contributed by atoms with Crippen LogP contribution in [0.4, 0.5) is 0 Å². The number of rotatable bonds is 4. The van der Waals surface area contributed by atoms with Gasteiger partial charge < -0.3 is 9.15 Å². The van der Waals surface area contributed by atoms with E-state index in [0.29, 0.717) is 0 Å². The number of hydrogen-bond acceptors (Lipinski definition) is 2. The average molecular weight is 244 g/mol. The van der Waals surface area contributed by atoms with Crippen LogP contribution in [0.15, 0.2) is 28.9 Å². The smallest absolute Gasteiger partial charge is 0.176 e. The van der Waals surface area contributed by atoms with E-state index < -0.39 is 0 Å². The van der Waals surface area contributed by atoms with E-state index in [-0.39, 0.29) is 0 Å². The SMILES string of the molecule is C/C=C/CCc1c(C)cc2c(C)coc2c1OC. The van der Waals surface area contributed by atoms with Crippen LogP contribution in [0.1, 0.15) is 30.0 Å². The maximum Gasteiger partial charge on any atom is 0.176 e. The fourth-order valence-corrected chi connectivity index (χ4v) is 2.35. The largest absolute Gasteiger partial charge is 0.493 e. The van der Waals surface area contributed by atoms with E-state index in [2.05, 4.69) is 32.1 Å². The summed E-state index contributed by atoms with van der Waals surface area (Å²) >= 11 is 0. The quantitative estimate of drug-likeness (QED) is 0.735. The van der Waals surface area contributed by atoms with Crippen molar-refractivity contribution < 1.29 is 9.15 Å². The van der Waals surface area contributed by atoms with Crippen LogP contribution in [-0.2, 0) is 6.42 Å². The van der Waals surface area contributed by atoms with E-state index >= 15 is 0 Å². The number of ether oxygens (including phenoxy) is 1. The third-order valence-electron chi connectivity index (χ3n) is 3.34. The first-order valence-electron chi connectivity index (χ1n) is 6.34. The van der Waals surface area contributed by atoms with Crippen LogP contribution < -0.4 is 4.74 Å². The lowest BCUT2D eigenvalue weighted by atomic mass is 9.99. The fourth-order valence-electron chi connectivity index (χ4n) is 2.35.